The third-order valence-electron chi connectivity index (χ3n) is 4.03. The normalized spacial score (nSPS) is 10.7. The first-order valence-electron chi connectivity index (χ1n) is 8.85. The van der Waals surface area contributed by atoms with E-state index >= 15 is 0 Å². The molecule has 4 aromatic rings. The van der Waals surface area contributed by atoms with Gasteiger partial charge in [0.15, 0.2) is 5.76 Å². The van der Waals surface area contributed by atoms with Gasteiger partial charge in [0.2, 0.25) is 5.89 Å². The second-order valence-corrected chi connectivity index (χ2v) is 6.43. The molecule has 7 nitrogen and oxygen atoms in total. The quantitative estimate of drug-likeness (QED) is 0.464. The molecule has 0 fully saturated rings. The molecule has 0 atom stereocenters. The average Bonchev–Trinajstić information content (AvgIpc) is 3.42. The fourth-order valence-corrected chi connectivity index (χ4v) is 2.87. The lowest BCUT2D eigenvalue weighted by Crippen LogP contribution is -2.13. The Labute approximate surface area is 171 Å². The highest BCUT2D eigenvalue weighted by Gasteiger charge is 2.15. The van der Waals surface area contributed by atoms with E-state index in [2.05, 4.69) is 15.5 Å². The number of halogens is 1. The van der Waals surface area contributed by atoms with Crippen molar-refractivity contribution in [3.63, 3.8) is 0 Å². The van der Waals surface area contributed by atoms with Crippen molar-refractivity contribution in [3.8, 4) is 28.9 Å². The summed E-state index contributed by atoms with van der Waals surface area (Å²) in [5, 5.41) is 11.3. The van der Waals surface area contributed by atoms with Crippen molar-refractivity contribution in [3.05, 3.63) is 71.4 Å². The molecule has 2 aromatic carbocycles. The van der Waals surface area contributed by atoms with E-state index in [9.17, 15) is 4.79 Å². The van der Waals surface area contributed by atoms with Crippen molar-refractivity contribution in [2.24, 2.45) is 0 Å². The molecule has 1 amide bonds. The van der Waals surface area contributed by atoms with Crippen LogP contribution >= 0.6 is 11.6 Å². The molecule has 4 rings (SSSR count). The summed E-state index contributed by atoms with van der Waals surface area (Å²) < 4.78 is 16.4. The highest BCUT2D eigenvalue weighted by molar-refractivity contribution is 6.31. The van der Waals surface area contributed by atoms with Gasteiger partial charge in [-0.15, -0.1) is 10.2 Å². The van der Waals surface area contributed by atoms with Crippen molar-refractivity contribution in [1.29, 1.82) is 0 Å². The van der Waals surface area contributed by atoms with Crippen molar-refractivity contribution in [2.75, 3.05) is 11.9 Å². The van der Waals surface area contributed by atoms with Gasteiger partial charge in [-0.1, -0.05) is 11.6 Å². The Bertz CT molecular complexity index is 1120. The maximum absolute atomic E-state index is 12.7. The van der Waals surface area contributed by atoms with Crippen LogP contribution in [0.2, 0.25) is 5.02 Å². The average molecular weight is 410 g/mol. The minimum Gasteiger partial charge on any atom is -0.493 e. The number of aromatic nitrogens is 2. The first kappa shape index (κ1) is 18.8. The van der Waals surface area contributed by atoms with Gasteiger partial charge in [-0.3, -0.25) is 4.79 Å². The van der Waals surface area contributed by atoms with Crippen LogP contribution < -0.4 is 10.1 Å². The molecule has 0 spiro atoms. The first-order chi connectivity index (χ1) is 14.1. The molecule has 0 aliphatic heterocycles. The van der Waals surface area contributed by atoms with E-state index in [0.717, 1.165) is 0 Å². The van der Waals surface area contributed by atoms with Gasteiger partial charge in [-0.05, 0) is 61.5 Å². The van der Waals surface area contributed by atoms with Gasteiger partial charge in [0.05, 0.1) is 18.4 Å². The zero-order chi connectivity index (χ0) is 20.2. The third-order valence-corrected chi connectivity index (χ3v) is 4.27. The van der Waals surface area contributed by atoms with Crippen LogP contribution in [0.1, 0.15) is 17.3 Å². The molecule has 0 bridgehead atoms. The van der Waals surface area contributed by atoms with E-state index in [4.69, 9.17) is 25.2 Å². The molecule has 0 radical (unpaired) electrons. The van der Waals surface area contributed by atoms with Crippen molar-refractivity contribution in [1.82, 2.24) is 10.2 Å². The Kier molecular flexibility index (Phi) is 5.31. The van der Waals surface area contributed by atoms with Crippen molar-refractivity contribution < 1.29 is 18.4 Å². The van der Waals surface area contributed by atoms with Gasteiger partial charge in [-0.25, -0.2) is 0 Å². The number of amides is 1. The van der Waals surface area contributed by atoms with Crippen LogP contribution in [-0.2, 0) is 0 Å². The Morgan fingerprint density at radius 2 is 1.90 bits per heavy atom. The molecule has 0 aliphatic carbocycles. The first-order valence-corrected chi connectivity index (χ1v) is 9.23. The summed E-state index contributed by atoms with van der Waals surface area (Å²) >= 11 is 6.03. The fourth-order valence-electron chi connectivity index (χ4n) is 2.70. The number of hydrogen-bond donors (Lipinski definition) is 1. The molecular formula is C21H16ClN3O4. The van der Waals surface area contributed by atoms with Crippen LogP contribution in [0, 0.1) is 0 Å². The van der Waals surface area contributed by atoms with Gasteiger partial charge >= 0.3 is 0 Å². The topological polar surface area (TPSA) is 90.4 Å². The predicted octanol–water partition coefficient (Wildman–Crippen LogP) is 5.30. The van der Waals surface area contributed by atoms with E-state index in [1.807, 2.05) is 6.92 Å². The molecule has 2 aromatic heterocycles. The number of furan rings is 1. The number of benzene rings is 2. The molecule has 1 N–H and O–H groups in total. The van der Waals surface area contributed by atoms with Gasteiger partial charge < -0.3 is 18.9 Å². The summed E-state index contributed by atoms with van der Waals surface area (Å²) in [5.41, 5.74) is 1.68. The molecule has 0 saturated heterocycles. The Balaban J connectivity index is 1.50. The summed E-state index contributed by atoms with van der Waals surface area (Å²) in [7, 11) is 0. The maximum Gasteiger partial charge on any atom is 0.283 e. The van der Waals surface area contributed by atoms with E-state index < -0.39 is 0 Å². The van der Waals surface area contributed by atoms with E-state index in [0.29, 0.717) is 51.7 Å². The highest BCUT2D eigenvalue weighted by atomic mass is 35.5. The van der Waals surface area contributed by atoms with Crippen LogP contribution in [0.3, 0.4) is 0 Å². The standard InChI is InChI=1S/C21H16ClN3O4/c1-2-27-17-10-7-14(22)12-16(17)19(26)23-15-8-5-13(6-9-15)20-24-25-21(29-20)18-4-3-11-28-18/h3-12H,2H2,1H3,(H,23,26). The molecule has 0 unspecified atom stereocenters. The second-order valence-electron chi connectivity index (χ2n) is 5.99. The van der Waals surface area contributed by atoms with Gasteiger partial charge in [-0.2, -0.15) is 0 Å². The summed E-state index contributed by atoms with van der Waals surface area (Å²) in [4.78, 5) is 12.7. The minimum absolute atomic E-state index is 0.298. The summed E-state index contributed by atoms with van der Waals surface area (Å²) in [6.45, 7) is 2.30. The number of nitrogens with zero attached hydrogens (tertiary/aromatic N) is 2. The smallest absolute Gasteiger partial charge is 0.283 e. The minimum atomic E-state index is -0.318. The lowest BCUT2D eigenvalue weighted by molar-refractivity contribution is 0.102. The zero-order valence-electron chi connectivity index (χ0n) is 15.4. The monoisotopic (exact) mass is 409 g/mol. The highest BCUT2D eigenvalue weighted by Crippen LogP contribution is 2.27. The molecule has 8 heteroatoms. The Morgan fingerprint density at radius 1 is 1.10 bits per heavy atom. The predicted molar refractivity (Wildman–Crippen MR) is 108 cm³/mol. The van der Waals surface area contributed by atoms with E-state index in [-0.39, 0.29) is 5.91 Å². The van der Waals surface area contributed by atoms with Crippen LogP contribution in [-0.4, -0.2) is 22.7 Å². The lowest BCUT2D eigenvalue weighted by atomic mass is 10.1. The zero-order valence-corrected chi connectivity index (χ0v) is 16.1. The lowest BCUT2D eigenvalue weighted by Gasteiger charge is -2.11. The van der Waals surface area contributed by atoms with Gasteiger partial charge in [0, 0.05) is 16.3 Å². The number of rotatable bonds is 6. The Morgan fingerprint density at radius 3 is 2.62 bits per heavy atom. The number of carbonyl (C=O) groups excluding carboxylic acids is 1. The van der Waals surface area contributed by atoms with Gasteiger partial charge in [0.1, 0.15) is 5.75 Å². The Hall–Kier alpha value is -3.58. The van der Waals surface area contributed by atoms with Crippen molar-refractivity contribution >= 4 is 23.2 Å². The van der Waals surface area contributed by atoms with Gasteiger partial charge in [0.25, 0.3) is 11.8 Å². The van der Waals surface area contributed by atoms with Crippen LogP contribution in [0.4, 0.5) is 5.69 Å². The summed E-state index contributed by atoms with van der Waals surface area (Å²) in [6, 6.07) is 15.5. The molecule has 2 heterocycles. The molecule has 0 saturated carbocycles. The number of nitrogens with one attached hydrogen (secondary N) is 1. The second kappa shape index (κ2) is 8.20. The van der Waals surface area contributed by atoms with Crippen LogP contribution in [0.5, 0.6) is 5.75 Å². The summed E-state index contributed by atoms with van der Waals surface area (Å²) in [5.74, 6) is 1.30. The molecule has 29 heavy (non-hydrogen) atoms. The van der Waals surface area contributed by atoms with Crippen LogP contribution in [0.15, 0.2) is 69.7 Å². The largest absolute Gasteiger partial charge is 0.493 e. The SMILES string of the molecule is CCOc1ccc(Cl)cc1C(=O)Nc1ccc(-c2nnc(-c3ccco3)o2)cc1. The fraction of sp³-hybridized carbons (Fsp3) is 0.0952. The maximum atomic E-state index is 12.7. The number of carbonyl (C=O) groups is 1. The number of anilines is 1. The molecule has 0 aliphatic rings. The van der Waals surface area contributed by atoms with E-state index in [1.54, 1.807) is 54.6 Å². The van der Waals surface area contributed by atoms with Crippen LogP contribution in [0.25, 0.3) is 23.1 Å². The number of ether oxygens (including phenoxy) is 1. The third kappa shape index (κ3) is 4.14. The van der Waals surface area contributed by atoms with Crippen molar-refractivity contribution in [2.45, 2.75) is 6.92 Å². The van der Waals surface area contributed by atoms with E-state index in [1.165, 1.54) is 6.26 Å². The summed E-state index contributed by atoms with van der Waals surface area (Å²) in [6.07, 6.45) is 1.54. The number of hydrogen-bond acceptors (Lipinski definition) is 6. The molecular weight excluding hydrogens is 394 g/mol. The molecule has 146 valence electrons.